The average molecular weight is 411 g/mol. The Bertz CT molecular complexity index is 445. The highest BCUT2D eigenvalue weighted by atomic mass is 127. The van der Waals surface area contributed by atoms with Crippen molar-refractivity contribution in [2.24, 2.45) is 5.92 Å². The van der Waals surface area contributed by atoms with Crippen LogP contribution in [-0.4, -0.2) is 18.9 Å². The van der Waals surface area contributed by atoms with E-state index in [1.54, 1.807) is 0 Å². The fraction of sp³-hybridized carbons (Fsp3) is 0.333. The van der Waals surface area contributed by atoms with Crippen molar-refractivity contribution in [2.75, 3.05) is 7.11 Å². The smallest absolute Gasteiger partial charge is 0.316 e. The zero-order chi connectivity index (χ0) is 13.0. The zero-order valence-electron chi connectivity index (χ0n) is 9.50. The van der Waals surface area contributed by atoms with Gasteiger partial charge in [0.2, 0.25) is 0 Å². The van der Waals surface area contributed by atoms with Gasteiger partial charge in [0.25, 0.3) is 0 Å². The summed E-state index contributed by atoms with van der Waals surface area (Å²) in [5.41, 5.74) is 0.933. The van der Waals surface area contributed by atoms with Gasteiger partial charge in [0.05, 0.1) is 7.11 Å². The highest BCUT2D eigenvalue weighted by Gasteiger charge is 2.25. The van der Waals surface area contributed by atoms with Gasteiger partial charge in [-0.2, -0.15) is 0 Å². The molecular formula is C12H12BrIO3. The van der Waals surface area contributed by atoms with E-state index in [1.807, 2.05) is 18.2 Å². The van der Waals surface area contributed by atoms with Crippen LogP contribution in [0.4, 0.5) is 0 Å². The minimum absolute atomic E-state index is 0.178. The highest BCUT2D eigenvalue weighted by molar-refractivity contribution is 14.1. The molecule has 1 unspecified atom stereocenters. The number of benzene rings is 1. The number of carbonyl (C=O) groups excluding carboxylic acids is 2. The van der Waals surface area contributed by atoms with E-state index in [0.717, 1.165) is 13.6 Å². The van der Waals surface area contributed by atoms with Gasteiger partial charge >= 0.3 is 5.97 Å². The van der Waals surface area contributed by atoms with Crippen molar-refractivity contribution in [1.82, 2.24) is 0 Å². The third kappa shape index (κ3) is 4.06. The molecule has 0 aromatic heterocycles. The van der Waals surface area contributed by atoms with Crippen molar-refractivity contribution < 1.29 is 14.3 Å². The molecule has 0 aliphatic rings. The molecule has 0 bridgehead atoms. The predicted molar refractivity (Wildman–Crippen MR) is 76.8 cm³/mol. The first-order valence-electron chi connectivity index (χ1n) is 4.98. The molecule has 1 atom stereocenters. The number of ketones is 1. The maximum absolute atomic E-state index is 11.5. The number of Topliss-reactive ketones (excluding diaryl/α,β-unsaturated/α-hetero) is 1. The van der Waals surface area contributed by atoms with Crippen LogP contribution in [0.3, 0.4) is 0 Å². The summed E-state index contributed by atoms with van der Waals surface area (Å²) in [4.78, 5) is 22.9. The van der Waals surface area contributed by atoms with Gasteiger partial charge in [-0.25, -0.2) is 0 Å². The van der Waals surface area contributed by atoms with Crippen LogP contribution in [0.15, 0.2) is 22.7 Å². The summed E-state index contributed by atoms with van der Waals surface area (Å²) in [5.74, 6) is -1.39. The molecule has 0 aliphatic heterocycles. The fourth-order valence-electron chi connectivity index (χ4n) is 1.45. The molecule has 0 aliphatic carbocycles. The normalized spacial score (nSPS) is 12.0. The molecule has 1 aromatic rings. The molecule has 92 valence electrons. The van der Waals surface area contributed by atoms with Gasteiger partial charge in [0, 0.05) is 8.04 Å². The minimum Gasteiger partial charge on any atom is -0.468 e. The first-order valence-corrected chi connectivity index (χ1v) is 6.85. The van der Waals surface area contributed by atoms with Crippen LogP contribution in [0.2, 0.25) is 0 Å². The maximum Gasteiger partial charge on any atom is 0.316 e. The number of methoxy groups -OCH3 is 1. The van der Waals surface area contributed by atoms with Crippen LogP contribution < -0.4 is 0 Å². The number of rotatable bonds is 4. The Labute approximate surface area is 122 Å². The van der Waals surface area contributed by atoms with Gasteiger partial charge in [0.1, 0.15) is 11.7 Å². The van der Waals surface area contributed by atoms with Crippen molar-refractivity contribution in [3.63, 3.8) is 0 Å². The van der Waals surface area contributed by atoms with E-state index >= 15 is 0 Å². The molecule has 17 heavy (non-hydrogen) atoms. The monoisotopic (exact) mass is 410 g/mol. The Kier molecular flexibility index (Phi) is 5.58. The zero-order valence-corrected chi connectivity index (χ0v) is 13.2. The molecule has 0 saturated carbocycles. The largest absolute Gasteiger partial charge is 0.468 e. The molecule has 0 N–H and O–H groups in total. The van der Waals surface area contributed by atoms with E-state index < -0.39 is 11.9 Å². The van der Waals surface area contributed by atoms with E-state index in [-0.39, 0.29) is 5.78 Å². The summed E-state index contributed by atoms with van der Waals surface area (Å²) in [5, 5.41) is 0. The SMILES string of the molecule is COC(=O)C(Cc1cc(I)ccc1Br)C(C)=O. The standard InChI is InChI=1S/C12H12BrIO3/c1-7(15)10(12(16)17-2)6-8-5-9(14)3-4-11(8)13/h3-5,10H,6H2,1-2H3. The van der Waals surface area contributed by atoms with Crippen LogP contribution in [0.1, 0.15) is 12.5 Å². The van der Waals surface area contributed by atoms with Gasteiger partial charge in [0.15, 0.2) is 0 Å². The van der Waals surface area contributed by atoms with Crippen LogP contribution >= 0.6 is 38.5 Å². The Morgan fingerprint density at radius 2 is 2.12 bits per heavy atom. The van der Waals surface area contributed by atoms with Gasteiger partial charge in [-0.05, 0) is 59.7 Å². The quantitative estimate of drug-likeness (QED) is 0.435. The van der Waals surface area contributed by atoms with Crippen molar-refractivity contribution in [3.8, 4) is 0 Å². The molecule has 0 saturated heterocycles. The first kappa shape index (κ1) is 14.6. The van der Waals surface area contributed by atoms with E-state index in [1.165, 1.54) is 14.0 Å². The Hall–Kier alpha value is -0.430. The van der Waals surface area contributed by atoms with Crippen molar-refractivity contribution in [3.05, 3.63) is 31.8 Å². The van der Waals surface area contributed by atoms with Crippen molar-refractivity contribution in [1.29, 1.82) is 0 Å². The molecule has 0 radical (unpaired) electrons. The Morgan fingerprint density at radius 1 is 1.47 bits per heavy atom. The molecule has 0 amide bonds. The van der Waals surface area contributed by atoms with Crippen molar-refractivity contribution in [2.45, 2.75) is 13.3 Å². The number of ether oxygens (including phenoxy) is 1. The van der Waals surface area contributed by atoms with E-state index in [0.29, 0.717) is 6.42 Å². The predicted octanol–water partition coefficient (Wildman–Crippen LogP) is 2.97. The molecule has 1 rings (SSSR count). The molecule has 1 aromatic carbocycles. The molecule has 0 heterocycles. The van der Waals surface area contributed by atoms with Crippen LogP contribution in [-0.2, 0) is 20.7 Å². The summed E-state index contributed by atoms with van der Waals surface area (Å²) in [7, 11) is 1.29. The third-order valence-electron chi connectivity index (χ3n) is 2.41. The summed E-state index contributed by atoms with van der Waals surface area (Å²) in [6.45, 7) is 1.41. The number of hydrogen-bond acceptors (Lipinski definition) is 3. The highest BCUT2D eigenvalue weighted by Crippen LogP contribution is 2.23. The lowest BCUT2D eigenvalue weighted by atomic mass is 9.96. The lowest BCUT2D eigenvalue weighted by Gasteiger charge is -2.12. The molecule has 3 nitrogen and oxygen atoms in total. The molecular weight excluding hydrogens is 399 g/mol. The Balaban J connectivity index is 2.97. The minimum atomic E-state index is -0.727. The summed E-state index contributed by atoms with van der Waals surface area (Å²) < 4.78 is 6.60. The topological polar surface area (TPSA) is 43.4 Å². The first-order chi connectivity index (χ1) is 7.95. The summed E-state index contributed by atoms with van der Waals surface area (Å²) in [6, 6.07) is 5.81. The van der Waals surface area contributed by atoms with Crippen molar-refractivity contribution >= 4 is 50.3 Å². The van der Waals surface area contributed by atoms with Crippen LogP contribution in [0.5, 0.6) is 0 Å². The van der Waals surface area contributed by atoms with Crippen LogP contribution in [0, 0.1) is 9.49 Å². The third-order valence-corrected chi connectivity index (χ3v) is 3.85. The lowest BCUT2D eigenvalue weighted by Crippen LogP contribution is -2.25. The molecule has 0 fully saturated rings. The van der Waals surface area contributed by atoms with E-state index in [9.17, 15) is 9.59 Å². The number of hydrogen-bond donors (Lipinski definition) is 0. The Morgan fingerprint density at radius 3 is 2.65 bits per heavy atom. The van der Waals surface area contributed by atoms with E-state index in [4.69, 9.17) is 0 Å². The maximum atomic E-state index is 11.5. The second-order valence-corrected chi connectivity index (χ2v) is 5.73. The number of carbonyl (C=O) groups is 2. The number of esters is 1. The summed E-state index contributed by atoms with van der Waals surface area (Å²) >= 11 is 5.60. The molecule has 0 spiro atoms. The van der Waals surface area contributed by atoms with E-state index in [2.05, 4.69) is 43.3 Å². The van der Waals surface area contributed by atoms with Gasteiger partial charge in [-0.1, -0.05) is 15.9 Å². The van der Waals surface area contributed by atoms with Gasteiger partial charge < -0.3 is 4.74 Å². The number of halogens is 2. The molecule has 5 heteroatoms. The van der Waals surface area contributed by atoms with Crippen LogP contribution in [0.25, 0.3) is 0 Å². The second-order valence-electron chi connectivity index (χ2n) is 3.63. The average Bonchev–Trinajstić information content (AvgIpc) is 2.28. The van der Waals surface area contributed by atoms with Gasteiger partial charge in [-0.15, -0.1) is 0 Å². The summed E-state index contributed by atoms with van der Waals surface area (Å²) in [6.07, 6.45) is 0.361. The van der Waals surface area contributed by atoms with Gasteiger partial charge in [-0.3, -0.25) is 9.59 Å². The fourth-order valence-corrected chi connectivity index (χ4v) is 2.42. The second kappa shape index (κ2) is 6.49. The lowest BCUT2D eigenvalue weighted by molar-refractivity contribution is -0.148.